The molecule has 0 bridgehead atoms. The Labute approximate surface area is 148 Å². The van der Waals surface area contributed by atoms with E-state index in [1.54, 1.807) is 0 Å². The lowest BCUT2D eigenvalue weighted by molar-refractivity contribution is -0.102. The van der Waals surface area contributed by atoms with E-state index in [1.165, 1.54) is 0 Å². The van der Waals surface area contributed by atoms with E-state index in [-0.39, 0.29) is 18.3 Å². The van der Waals surface area contributed by atoms with E-state index in [1.807, 2.05) is 35.2 Å². The van der Waals surface area contributed by atoms with Crippen molar-refractivity contribution in [2.45, 2.75) is 18.6 Å². The van der Waals surface area contributed by atoms with Crippen LogP contribution in [0.5, 0.6) is 0 Å². The third kappa shape index (κ3) is 2.79. The number of amides is 1. The van der Waals surface area contributed by atoms with Crippen LogP contribution in [0.3, 0.4) is 0 Å². The number of ether oxygens (including phenoxy) is 1. The molecule has 128 valence electrons. The highest BCUT2D eigenvalue weighted by Gasteiger charge is 2.46. The van der Waals surface area contributed by atoms with Gasteiger partial charge in [-0.05, 0) is 23.9 Å². The molecule has 0 N–H and O–H groups in total. The Morgan fingerprint density at radius 3 is 2.54 bits per heavy atom. The van der Waals surface area contributed by atoms with E-state index in [0.717, 1.165) is 42.3 Å². The maximum absolute atomic E-state index is 13.2. The van der Waals surface area contributed by atoms with Gasteiger partial charge in [0.25, 0.3) is 5.91 Å². The van der Waals surface area contributed by atoms with Crippen LogP contribution in [0.25, 0.3) is 10.8 Å². The molecule has 0 radical (unpaired) electrons. The summed E-state index contributed by atoms with van der Waals surface area (Å²) in [7, 11) is 2.12. The molecule has 0 aliphatic carbocycles. The van der Waals surface area contributed by atoms with Crippen molar-refractivity contribution in [3.8, 4) is 0 Å². The van der Waals surface area contributed by atoms with Crippen molar-refractivity contribution < 1.29 is 9.53 Å². The molecule has 2 aromatic rings. The molecule has 2 aliphatic heterocycles. The fourth-order valence-corrected chi connectivity index (χ4v) is 3.83. The Morgan fingerprint density at radius 1 is 1.04 bits per heavy atom. The number of carbonyl (C=O) groups is 1. The second kappa shape index (κ2) is 6.71. The van der Waals surface area contributed by atoms with Crippen LogP contribution in [-0.2, 0) is 4.74 Å². The molecular weight excluding hydrogens is 324 g/mol. The lowest BCUT2D eigenvalue weighted by Crippen LogP contribution is -2.54. The van der Waals surface area contributed by atoms with Crippen molar-refractivity contribution in [3.05, 3.63) is 48.0 Å². The number of likely N-dealkylation sites (tertiary alicyclic amines) is 1. The number of hydrogen-bond donors (Lipinski definition) is 0. The fraction of sp³-hybridized carbons (Fsp3) is 0.421. The topological polar surface area (TPSA) is 32.8 Å². The standard InChI is InChI=1S/C19H22N2O2.ClH/c1-20-11-9-19(10-12-20)21(13-14-23-19)18(22)17-8-4-6-15-5-2-3-7-16(15)17;/h2-8H,9-14H2,1H3;1H. The predicted octanol–water partition coefficient (Wildman–Crippen LogP) is 3.16. The van der Waals surface area contributed by atoms with Gasteiger partial charge in [0.15, 0.2) is 0 Å². The molecule has 5 heteroatoms. The summed E-state index contributed by atoms with van der Waals surface area (Å²) in [5, 5.41) is 2.13. The Morgan fingerprint density at radius 2 is 1.75 bits per heavy atom. The number of nitrogens with zero attached hydrogens (tertiary/aromatic N) is 2. The van der Waals surface area contributed by atoms with Gasteiger partial charge in [-0.1, -0.05) is 36.4 Å². The summed E-state index contributed by atoms with van der Waals surface area (Å²) in [4.78, 5) is 17.5. The van der Waals surface area contributed by atoms with Gasteiger partial charge in [-0.25, -0.2) is 0 Å². The van der Waals surface area contributed by atoms with E-state index < -0.39 is 5.72 Å². The van der Waals surface area contributed by atoms with Gasteiger partial charge in [-0.2, -0.15) is 0 Å². The summed E-state index contributed by atoms with van der Waals surface area (Å²) in [6.07, 6.45) is 1.78. The van der Waals surface area contributed by atoms with Crippen LogP contribution in [0.1, 0.15) is 23.2 Å². The molecule has 2 aliphatic rings. The lowest BCUT2D eigenvalue weighted by atomic mass is 9.97. The summed E-state index contributed by atoms with van der Waals surface area (Å²) in [5.41, 5.74) is 0.382. The molecule has 0 aromatic heterocycles. The summed E-state index contributed by atoms with van der Waals surface area (Å²) < 4.78 is 6.08. The van der Waals surface area contributed by atoms with Crippen LogP contribution >= 0.6 is 12.4 Å². The molecule has 1 spiro atoms. The van der Waals surface area contributed by atoms with E-state index in [2.05, 4.69) is 24.1 Å². The molecule has 2 aromatic carbocycles. The Balaban J connectivity index is 0.00000169. The van der Waals surface area contributed by atoms with Crippen LogP contribution in [0.15, 0.2) is 42.5 Å². The molecule has 4 nitrogen and oxygen atoms in total. The Kier molecular flexibility index (Phi) is 4.81. The van der Waals surface area contributed by atoms with Gasteiger partial charge in [0.2, 0.25) is 0 Å². The molecule has 1 amide bonds. The van der Waals surface area contributed by atoms with E-state index in [9.17, 15) is 4.79 Å². The third-order valence-electron chi connectivity index (χ3n) is 5.21. The van der Waals surface area contributed by atoms with Crippen LogP contribution in [0.2, 0.25) is 0 Å². The minimum Gasteiger partial charge on any atom is -0.354 e. The number of piperidine rings is 1. The first-order chi connectivity index (χ1) is 11.2. The van der Waals surface area contributed by atoms with Crippen molar-refractivity contribution in [2.24, 2.45) is 0 Å². The fourth-order valence-electron chi connectivity index (χ4n) is 3.83. The number of carbonyl (C=O) groups excluding carboxylic acids is 1. The number of rotatable bonds is 1. The number of benzene rings is 2. The minimum absolute atomic E-state index is 0. The molecular formula is C19H23ClN2O2. The van der Waals surface area contributed by atoms with Crippen LogP contribution in [-0.4, -0.2) is 54.7 Å². The third-order valence-corrected chi connectivity index (χ3v) is 5.21. The summed E-state index contributed by atoms with van der Waals surface area (Å²) in [6, 6.07) is 14.0. The Hall–Kier alpha value is -1.62. The van der Waals surface area contributed by atoms with Gasteiger partial charge in [0.05, 0.1) is 6.61 Å². The van der Waals surface area contributed by atoms with E-state index >= 15 is 0 Å². The largest absolute Gasteiger partial charge is 0.354 e. The summed E-state index contributed by atoms with van der Waals surface area (Å²) in [5.74, 6) is 0.101. The van der Waals surface area contributed by atoms with Crippen molar-refractivity contribution >= 4 is 29.1 Å². The molecule has 0 atom stereocenters. The zero-order valence-corrected chi connectivity index (χ0v) is 14.7. The average Bonchev–Trinajstić information content (AvgIpc) is 3.00. The maximum atomic E-state index is 13.2. The smallest absolute Gasteiger partial charge is 0.256 e. The van der Waals surface area contributed by atoms with E-state index in [0.29, 0.717) is 13.2 Å². The van der Waals surface area contributed by atoms with Crippen molar-refractivity contribution in [1.82, 2.24) is 9.80 Å². The lowest BCUT2D eigenvalue weighted by Gasteiger charge is -2.42. The quantitative estimate of drug-likeness (QED) is 0.795. The molecule has 2 heterocycles. The summed E-state index contributed by atoms with van der Waals surface area (Å²) >= 11 is 0. The second-order valence-electron chi connectivity index (χ2n) is 6.58. The van der Waals surface area contributed by atoms with Crippen LogP contribution in [0.4, 0.5) is 0 Å². The van der Waals surface area contributed by atoms with Crippen molar-refractivity contribution in [3.63, 3.8) is 0 Å². The molecule has 0 unspecified atom stereocenters. The molecule has 4 rings (SSSR count). The van der Waals surface area contributed by atoms with Gasteiger partial charge in [-0.15, -0.1) is 12.4 Å². The predicted molar refractivity (Wildman–Crippen MR) is 97.6 cm³/mol. The van der Waals surface area contributed by atoms with Gasteiger partial charge in [0, 0.05) is 38.0 Å². The van der Waals surface area contributed by atoms with E-state index in [4.69, 9.17) is 4.74 Å². The van der Waals surface area contributed by atoms with Crippen LogP contribution < -0.4 is 0 Å². The minimum atomic E-state index is -0.402. The molecule has 0 saturated carbocycles. The second-order valence-corrected chi connectivity index (χ2v) is 6.58. The zero-order valence-electron chi connectivity index (χ0n) is 13.9. The Bertz CT molecular complexity index is 736. The van der Waals surface area contributed by atoms with Crippen LogP contribution in [0, 0.1) is 0 Å². The highest BCUT2D eigenvalue weighted by atomic mass is 35.5. The van der Waals surface area contributed by atoms with Gasteiger partial charge >= 0.3 is 0 Å². The number of halogens is 1. The normalized spacial score (nSPS) is 20.3. The molecule has 24 heavy (non-hydrogen) atoms. The SMILES string of the molecule is CN1CCC2(CC1)OCCN2C(=O)c1cccc2ccccc12.Cl. The summed E-state index contributed by atoms with van der Waals surface area (Å²) in [6.45, 7) is 3.27. The van der Waals surface area contributed by atoms with Gasteiger partial charge in [0.1, 0.15) is 5.72 Å². The molecule has 2 saturated heterocycles. The van der Waals surface area contributed by atoms with Gasteiger partial charge in [-0.3, -0.25) is 4.79 Å². The average molecular weight is 347 g/mol. The highest BCUT2D eigenvalue weighted by Crippen LogP contribution is 2.35. The van der Waals surface area contributed by atoms with Crippen molar-refractivity contribution in [2.75, 3.05) is 33.3 Å². The zero-order chi connectivity index (χ0) is 15.9. The first-order valence-corrected chi connectivity index (χ1v) is 8.32. The number of hydrogen-bond acceptors (Lipinski definition) is 3. The number of fused-ring (bicyclic) bond motifs is 1. The highest BCUT2D eigenvalue weighted by molar-refractivity contribution is 6.07. The van der Waals surface area contributed by atoms with Crippen molar-refractivity contribution in [1.29, 1.82) is 0 Å². The maximum Gasteiger partial charge on any atom is 0.256 e. The first-order valence-electron chi connectivity index (χ1n) is 8.32. The molecule has 2 fully saturated rings. The monoisotopic (exact) mass is 346 g/mol. The first kappa shape index (κ1) is 17.2. The van der Waals surface area contributed by atoms with Gasteiger partial charge < -0.3 is 14.5 Å².